The molecule has 3 fully saturated rings. The number of aryl methyl sites for hydroxylation is 1. The zero-order valence-electron chi connectivity index (χ0n) is 20.8. The Balaban J connectivity index is 1.24. The Kier molecular flexibility index (Phi) is 6.31. The zero-order valence-corrected chi connectivity index (χ0v) is 21.6. The molecule has 8 heteroatoms. The van der Waals surface area contributed by atoms with Crippen molar-refractivity contribution in [3.63, 3.8) is 0 Å². The van der Waals surface area contributed by atoms with E-state index in [0.717, 1.165) is 74.7 Å². The Bertz CT molecular complexity index is 1060. The average molecular weight is 497 g/mol. The number of aromatic nitrogens is 2. The quantitative estimate of drug-likeness (QED) is 0.629. The van der Waals surface area contributed by atoms with Crippen LogP contribution in [0.5, 0.6) is 0 Å². The Labute approximate surface area is 211 Å². The third-order valence-corrected chi connectivity index (χ3v) is 9.76. The number of thiazole rings is 1. The summed E-state index contributed by atoms with van der Waals surface area (Å²) < 4.78 is 11.4. The number of fused-ring (bicyclic) bond motifs is 2. The summed E-state index contributed by atoms with van der Waals surface area (Å²) in [6, 6.07) is 2.21. The van der Waals surface area contributed by atoms with Crippen LogP contribution in [0.25, 0.3) is 0 Å². The van der Waals surface area contributed by atoms with Gasteiger partial charge in [-0.1, -0.05) is 6.07 Å². The molecule has 0 bridgehead atoms. The van der Waals surface area contributed by atoms with Gasteiger partial charge in [0.15, 0.2) is 5.13 Å². The number of carbonyl (C=O) groups excluding carboxylic acids is 1. The lowest BCUT2D eigenvalue weighted by Crippen LogP contribution is -2.48. The molecule has 6 rings (SSSR count). The second-order valence-electron chi connectivity index (χ2n) is 11.1. The molecule has 3 aliphatic heterocycles. The SMILES string of the molecule is COC1COCCC1C[C@@H]1C[C@H]2CN(c3nccs3)C[C@@]2(C(=O)N2CCc3ncc(C)cc3C2)C1. The van der Waals surface area contributed by atoms with Crippen LogP contribution in [0.15, 0.2) is 23.8 Å². The molecule has 4 aliphatic rings. The van der Waals surface area contributed by atoms with Gasteiger partial charge in [0.2, 0.25) is 5.91 Å². The summed E-state index contributed by atoms with van der Waals surface area (Å²) in [5.74, 6) is 1.81. The van der Waals surface area contributed by atoms with Crippen molar-refractivity contribution >= 4 is 22.4 Å². The Morgan fingerprint density at radius 2 is 2.29 bits per heavy atom. The molecule has 2 aromatic rings. The van der Waals surface area contributed by atoms with Crippen LogP contribution in [0.3, 0.4) is 0 Å². The molecule has 1 amide bonds. The van der Waals surface area contributed by atoms with Gasteiger partial charge < -0.3 is 19.3 Å². The van der Waals surface area contributed by atoms with Gasteiger partial charge in [0.05, 0.1) is 18.1 Å². The number of ether oxygens (including phenoxy) is 2. The van der Waals surface area contributed by atoms with Crippen LogP contribution in [-0.2, 0) is 27.2 Å². The minimum atomic E-state index is -0.321. The lowest BCUT2D eigenvalue weighted by Gasteiger charge is -2.37. The van der Waals surface area contributed by atoms with Gasteiger partial charge in [0.1, 0.15) is 0 Å². The maximum atomic E-state index is 14.4. The molecule has 1 saturated carbocycles. The first kappa shape index (κ1) is 23.4. The highest BCUT2D eigenvalue weighted by Crippen LogP contribution is 2.55. The van der Waals surface area contributed by atoms with Gasteiger partial charge in [-0.3, -0.25) is 9.78 Å². The van der Waals surface area contributed by atoms with Crippen LogP contribution in [0.4, 0.5) is 5.13 Å². The zero-order chi connectivity index (χ0) is 24.0. The fourth-order valence-corrected chi connectivity index (χ4v) is 7.94. The highest BCUT2D eigenvalue weighted by Gasteiger charge is 2.59. The number of carbonyl (C=O) groups is 1. The van der Waals surface area contributed by atoms with Crippen molar-refractivity contribution in [3.05, 3.63) is 40.7 Å². The Hall–Kier alpha value is -2.03. The molecule has 0 radical (unpaired) electrons. The van der Waals surface area contributed by atoms with E-state index >= 15 is 0 Å². The monoisotopic (exact) mass is 496 g/mol. The van der Waals surface area contributed by atoms with Crippen molar-refractivity contribution in [2.75, 3.05) is 44.9 Å². The molecule has 35 heavy (non-hydrogen) atoms. The second-order valence-corrected chi connectivity index (χ2v) is 12.0. The number of amides is 1. The number of pyridine rings is 1. The molecular formula is C27H36N4O3S. The van der Waals surface area contributed by atoms with Gasteiger partial charge in [0, 0.05) is 69.8 Å². The van der Waals surface area contributed by atoms with Crippen molar-refractivity contribution in [2.45, 2.75) is 51.7 Å². The smallest absolute Gasteiger partial charge is 0.231 e. The van der Waals surface area contributed by atoms with E-state index in [1.807, 2.05) is 17.8 Å². The summed E-state index contributed by atoms with van der Waals surface area (Å²) in [6.45, 7) is 6.77. The predicted octanol–water partition coefficient (Wildman–Crippen LogP) is 3.71. The van der Waals surface area contributed by atoms with Crippen molar-refractivity contribution in [2.24, 2.45) is 23.2 Å². The summed E-state index contributed by atoms with van der Waals surface area (Å²) in [4.78, 5) is 28.1. The van der Waals surface area contributed by atoms with Gasteiger partial charge in [-0.2, -0.15) is 0 Å². The first-order valence-corrected chi connectivity index (χ1v) is 13.9. The Morgan fingerprint density at radius 1 is 1.37 bits per heavy atom. The molecule has 2 unspecified atom stereocenters. The molecule has 5 atom stereocenters. The Morgan fingerprint density at radius 3 is 3.11 bits per heavy atom. The van der Waals surface area contributed by atoms with Crippen LogP contribution in [0.1, 0.15) is 42.5 Å². The number of hydrogen-bond donors (Lipinski definition) is 0. The van der Waals surface area contributed by atoms with E-state index in [1.54, 1.807) is 18.4 Å². The van der Waals surface area contributed by atoms with Gasteiger partial charge in [-0.25, -0.2) is 4.98 Å². The highest BCUT2D eigenvalue weighted by atomic mass is 32.1. The van der Waals surface area contributed by atoms with Gasteiger partial charge in [0.25, 0.3) is 0 Å². The van der Waals surface area contributed by atoms with Gasteiger partial charge in [-0.15, -0.1) is 11.3 Å². The molecule has 7 nitrogen and oxygen atoms in total. The molecule has 5 heterocycles. The largest absolute Gasteiger partial charge is 0.379 e. The molecule has 1 aliphatic carbocycles. The van der Waals surface area contributed by atoms with E-state index in [9.17, 15) is 4.79 Å². The summed E-state index contributed by atoms with van der Waals surface area (Å²) in [5, 5.41) is 3.09. The standard InChI is InChI=1S/C27H36N4O3S/c1-18-9-21-14-30(6-3-23(21)29-13-18)25(32)27-12-19(10-20-4-7-34-16-24(20)33-2)11-22(27)15-31(17-27)26-28-5-8-35-26/h5,8-9,13,19-20,22,24H,3-4,6-7,10-12,14-17H2,1-2H3/t19-,20?,22+,24?,27+/m1/s1. The van der Waals surface area contributed by atoms with Crippen LogP contribution in [-0.4, -0.2) is 66.8 Å². The molecule has 0 spiro atoms. The predicted molar refractivity (Wildman–Crippen MR) is 135 cm³/mol. The third kappa shape index (κ3) is 4.27. The fourth-order valence-electron chi connectivity index (χ4n) is 7.28. The van der Waals surface area contributed by atoms with E-state index in [4.69, 9.17) is 9.47 Å². The summed E-state index contributed by atoms with van der Waals surface area (Å²) in [5.41, 5.74) is 3.21. The minimum Gasteiger partial charge on any atom is -0.379 e. The number of nitrogens with zero attached hydrogens (tertiary/aromatic N) is 4. The van der Waals surface area contributed by atoms with E-state index in [2.05, 4.69) is 32.8 Å². The van der Waals surface area contributed by atoms with Crippen molar-refractivity contribution < 1.29 is 14.3 Å². The number of anilines is 1. The lowest BCUT2D eigenvalue weighted by atomic mass is 9.78. The summed E-state index contributed by atoms with van der Waals surface area (Å²) >= 11 is 1.68. The first-order chi connectivity index (χ1) is 17.1. The summed E-state index contributed by atoms with van der Waals surface area (Å²) in [7, 11) is 1.80. The maximum absolute atomic E-state index is 14.4. The average Bonchev–Trinajstić information content (AvgIpc) is 3.59. The molecule has 188 valence electrons. The van der Waals surface area contributed by atoms with Crippen molar-refractivity contribution in [3.8, 4) is 0 Å². The van der Waals surface area contributed by atoms with Crippen LogP contribution in [0, 0.1) is 30.1 Å². The van der Waals surface area contributed by atoms with Crippen LogP contribution >= 0.6 is 11.3 Å². The first-order valence-electron chi connectivity index (χ1n) is 13.0. The molecule has 2 saturated heterocycles. The lowest BCUT2D eigenvalue weighted by molar-refractivity contribution is -0.143. The highest BCUT2D eigenvalue weighted by molar-refractivity contribution is 7.13. The van der Waals surface area contributed by atoms with Crippen LogP contribution in [0.2, 0.25) is 0 Å². The number of hydrogen-bond acceptors (Lipinski definition) is 7. The normalized spacial score (nSPS) is 32.5. The molecule has 2 aromatic heterocycles. The minimum absolute atomic E-state index is 0.178. The van der Waals surface area contributed by atoms with Crippen LogP contribution < -0.4 is 4.90 Å². The maximum Gasteiger partial charge on any atom is 0.231 e. The van der Waals surface area contributed by atoms with E-state index in [-0.39, 0.29) is 11.5 Å². The topological polar surface area (TPSA) is 67.8 Å². The van der Waals surface area contributed by atoms with Crippen molar-refractivity contribution in [1.82, 2.24) is 14.9 Å². The van der Waals surface area contributed by atoms with Gasteiger partial charge >= 0.3 is 0 Å². The van der Waals surface area contributed by atoms with E-state index < -0.39 is 0 Å². The van der Waals surface area contributed by atoms with E-state index in [0.29, 0.717) is 36.8 Å². The summed E-state index contributed by atoms with van der Waals surface area (Å²) in [6.07, 6.45) is 9.12. The third-order valence-electron chi connectivity index (χ3n) is 8.93. The molecule has 0 N–H and O–H groups in total. The molecular weight excluding hydrogens is 460 g/mol. The van der Waals surface area contributed by atoms with Gasteiger partial charge in [-0.05, 0) is 61.5 Å². The second kappa shape index (κ2) is 9.45. The van der Waals surface area contributed by atoms with Crippen molar-refractivity contribution in [1.29, 1.82) is 0 Å². The fraction of sp³-hybridized carbons (Fsp3) is 0.667. The number of rotatable bonds is 5. The van der Waals surface area contributed by atoms with E-state index in [1.165, 1.54) is 5.56 Å². The number of methoxy groups -OCH3 is 1. The molecule has 0 aromatic carbocycles.